The number of benzene rings is 2. The molecule has 2 aromatic carbocycles. The first-order valence-electron chi connectivity index (χ1n) is 7.61. The van der Waals surface area contributed by atoms with E-state index in [0.717, 1.165) is 5.75 Å². The van der Waals surface area contributed by atoms with E-state index in [1.165, 1.54) is 12.1 Å². The molecule has 1 unspecified atom stereocenters. The predicted molar refractivity (Wildman–Crippen MR) is 94.1 cm³/mol. The number of carbonyl (C=O) groups is 1. The van der Waals surface area contributed by atoms with Gasteiger partial charge in [0.1, 0.15) is 18.2 Å². The van der Waals surface area contributed by atoms with Crippen molar-refractivity contribution in [3.8, 4) is 5.75 Å². The first kappa shape index (κ1) is 18.2. The fourth-order valence-electron chi connectivity index (χ4n) is 2.05. The molecule has 0 aliphatic rings. The van der Waals surface area contributed by atoms with Crippen LogP contribution in [0.25, 0.3) is 0 Å². The minimum absolute atomic E-state index is 0.199. The summed E-state index contributed by atoms with van der Waals surface area (Å²) in [7, 11) is 1.83. The van der Waals surface area contributed by atoms with E-state index in [4.69, 9.17) is 16.3 Å². The van der Waals surface area contributed by atoms with Gasteiger partial charge in [0.2, 0.25) is 5.91 Å². The largest absolute Gasteiger partial charge is 0.492 e. The topological polar surface area (TPSA) is 41.6 Å². The van der Waals surface area contributed by atoms with Gasteiger partial charge in [0.25, 0.3) is 0 Å². The Balaban J connectivity index is 1.79. The molecule has 0 aliphatic heterocycles. The van der Waals surface area contributed by atoms with Crippen LogP contribution in [0.4, 0.5) is 10.1 Å². The fourth-order valence-corrected chi connectivity index (χ4v) is 2.17. The molecule has 0 bridgehead atoms. The Morgan fingerprint density at radius 3 is 2.67 bits per heavy atom. The zero-order valence-corrected chi connectivity index (χ0v) is 14.4. The number of hydrogen-bond acceptors (Lipinski definition) is 3. The van der Waals surface area contributed by atoms with Gasteiger partial charge in [0, 0.05) is 17.3 Å². The predicted octanol–water partition coefficient (Wildman–Crippen LogP) is 3.82. The summed E-state index contributed by atoms with van der Waals surface area (Å²) in [5.74, 6) is 0.143. The van der Waals surface area contributed by atoms with Crippen LogP contribution in [0.15, 0.2) is 48.5 Å². The molecule has 0 fully saturated rings. The van der Waals surface area contributed by atoms with Crippen LogP contribution in [-0.4, -0.2) is 37.0 Å². The molecule has 0 radical (unpaired) electrons. The first-order chi connectivity index (χ1) is 11.5. The van der Waals surface area contributed by atoms with Gasteiger partial charge in [0.05, 0.1) is 6.04 Å². The van der Waals surface area contributed by atoms with E-state index in [0.29, 0.717) is 23.9 Å². The van der Waals surface area contributed by atoms with Gasteiger partial charge >= 0.3 is 0 Å². The van der Waals surface area contributed by atoms with E-state index in [-0.39, 0.29) is 17.8 Å². The summed E-state index contributed by atoms with van der Waals surface area (Å²) in [5.41, 5.74) is 0.442. The molecule has 1 amide bonds. The lowest BCUT2D eigenvalue weighted by atomic mass is 10.2. The molecule has 0 heterocycles. The molecule has 0 spiro atoms. The standard InChI is InChI=1S/C18H20ClFN2O2/c1-13(18(23)21-16-5-3-4-15(20)12-16)22(2)10-11-24-17-8-6-14(19)7-9-17/h3-9,12-13H,10-11H2,1-2H3,(H,21,23). The van der Waals surface area contributed by atoms with Gasteiger partial charge in [-0.15, -0.1) is 0 Å². The molecule has 4 nitrogen and oxygen atoms in total. The minimum atomic E-state index is -0.384. The van der Waals surface area contributed by atoms with E-state index in [2.05, 4.69) is 5.32 Å². The fraction of sp³-hybridized carbons (Fsp3) is 0.278. The highest BCUT2D eigenvalue weighted by molar-refractivity contribution is 6.30. The SMILES string of the molecule is CC(C(=O)Nc1cccc(F)c1)N(C)CCOc1ccc(Cl)cc1. The van der Waals surface area contributed by atoms with Crippen molar-refractivity contribution in [2.45, 2.75) is 13.0 Å². The number of ether oxygens (including phenoxy) is 1. The average molecular weight is 351 g/mol. The Labute approximate surface area is 146 Å². The van der Waals surface area contributed by atoms with Crippen molar-refractivity contribution in [2.75, 3.05) is 25.5 Å². The Morgan fingerprint density at radius 2 is 2.00 bits per heavy atom. The monoisotopic (exact) mass is 350 g/mol. The molecule has 1 atom stereocenters. The molecule has 24 heavy (non-hydrogen) atoms. The maximum Gasteiger partial charge on any atom is 0.241 e. The Bertz CT molecular complexity index is 679. The van der Waals surface area contributed by atoms with Crippen LogP contribution in [-0.2, 0) is 4.79 Å². The van der Waals surface area contributed by atoms with Crippen LogP contribution >= 0.6 is 11.6 Å². The zero-order valence-electron chi connectivity index (χ0n) is 13.6. The number of nitrogens with zero attached hydrogens (tertiary/aromatic N) is 1. The van der Waals surface area contributed by atoms with Gasteiger partial charge < -0.3 is 10.1 Å². The lowest BCUT2D eigenvalue weighted by molar-refractivity contribution is -0.120. The molecule has 0 saturated carbocycles. The highest BCUT2D eigenvalue weighted by Crippen LogP contribution is 2.15. The van der Waals surface area contributed by atoms with Gasteiger partial charge in [0.15, 0.2) is 0 Å². The number of anilines is 1. The number of amides is 1. The van der Waals surface area contributed by atoms with Crippen molar-refractivity contribution in [3.63, 3.8) is 0 Å². The second-order valence-corrected chi connectivity index (χ2v) is 5.89. The van der Waals surface area contributed by atoms with Gasteiger partial charge in [-0.2, -0.15) is 0 Å². The summed E-state index contributed by atoms with van der Waals surface area (Å²) in [6.45, 7) is 2.80. The van der Waals surface area contributed by atoms with E-state index in [1.54, 1.807) is 43.3 Å². The normalized spacial score (nSPS) is 12.0. The highest BCUT2D eigenvalue weighted by atomic mass is 35.5. The smallest absolute Gasteiger partial charge is 0.241 e. The molecule has 0 aliphatic carbocycles. The van der Waals surface area contributed by atoms with Gasteiger partial charge in [-0.1, -0.05) is 17.7 Å². The molecule has 0 aromatic heterocycles. The Morgan fingerprint density at radius 1 is 1.29 bits per heavy atom. The van der Waals surface area contributed by atoms with Crippen molar-refractivity contribution in [2.24, 2.45) is 0 Å². The van der Waals surface area contributed by atoms with Crippen molar-refractivity contribution in [1.29, 1.82) is 0 Å². The molecule has 6 heteroatoms. The maximum absolute atomic E-state index is 13.1. The van der Waals surface area contributed by atoms with E-state index in [1.807, 2.05) is 11.9 Å². The Kier molecular flexibility index (Phi) is 6.58. The number of halogens is 2. The lowest BCUT2D eigenvalue weighted by Crippen LogP contribution is -2.41. The third kappa shape index (κ3) is 5.51. The summed E-state index contributed by atoms with van der Waals surface area (Å²) in [5, 5.41) is 3.36. The third-order valence-corrected chi connectivity index (χ3v) is 3.91. The van der Waals surface area contributed by atoms with Gasteiger partial charge in [-0.05, 0) is 56.4 Å². The number of likely N-dealkylation sites (N-methyl/N-ethyl adjacent to an activating group) is 1. The van der Waals surface area contributed by atoms with Crippen LogP contribution < -0.4 is 10.1 Å². The number of hydrogen-bond donors (Lipinski definition) is 1. The molecular formula is C18H20ClFN2O2. The maximum atomic E-state index is 13.1. The summed E-state index contributed by atoms with van der Waals surface area (Å²) < 4.78 is 18.8. The van der Waals surface area contributed by atoms with E-state index < -0.39 is 0 Å². The lowest BCUT2D eigenvalue weighted by Gasteiger charge is -2.23. The van der Waals surface area contributed by atoms with Crippen LogP contribution in [0, 0.1) is 5.82 Å². The second-order valence-electron chi connectivity index (χ2n) is 5.46. The minimum Gasteiger partial charge on any atom is -0.492 e. The van der Waals surface area contributed by atoms with Crippen molar-refractivity contribution in [3.05, 3.63) is 59.4 Å². The third-order valence-electron chi connectivity index (χ3n) is 3.66. The molecular weight excluding hydrogens is 331 g/mol. The number of rotatable bonds is 7. The number of nitrogens with one attached hydrogen (secondary N) is 1. The van der Waals surface area contributed by atoms with E-state index >= 15 is 0 Å². The quantitative estimate of drug-likeness (QED) is 0.825. The number of carbonyl (C=O) groups excluding carboxylic acids is 1. The Hall–Kier alpha value is -2.11. The average Bonchev–Trinajstić information content (AvgIpc) is 2.56. The first-order valence-corrected chi connectivity index (χ1v) is 7.98. The van der Waals surface area contributed by atoms with Gasteiger partial charge in [-0.3, -0.25) is 9.69 Å². The van der Waals surface area contributed by atoms with Gasteiger partial charge in [-0.25, -0.2) is 4.39 Å². The second kappa shape index (κ2) is 8.66. The molecule has 2 rings (SSSR count). The highest BCUT2D eigenvalue weighted by Gasteiger charge is 2.18. The van der Waals surface area contributed by atoms with Crippen LogP contribution in [0.2, 0.25) is 5.02 Å². The van der Waals surface area contributed by atoms with E-state index in [9.17, 15) is 9.18 Å². The summed E-state index contributed by atoms with van der Waals surface area (Å²) in [6, 6.07) is 12.6. The van der Waals surface area contributed by atoms with Crippen LogP contribution in [0.1, 0.15) is 6.92 Å². The molecule has 128 valence electrons. The molecule has 2 aromatic rings. The summed E-state index contributed by atoms with van der Waals surface area (Å²) in [6.07, 6.45) is 0. The van der Waals surface area contributed by atoms with Crippen molar-refractivity contribution >= 4 is 23.2 Å². The van der Waals surface area contributed by atoms with Crippen LogP contribution in [0.5, 0.6) is 5.75 Å². The molecule has 1 N–H and O–H groups in total. The van der Waals surface area contributed by atoms with Crippen LogP contribution in [0.3, 0.4) is 0 Å². The summed E-state index contributed by atoms with van der Waals surface area (Å²) in [4.78, 5) is 14.1. The van der Waals surface area contributed by atoms with Crippen molar-refractivity contribution < 1.29 is 13.9 Å². The van der Waals surface area contributed by atoms with Crippen molar-refractivity contribution in [1.82, 2.24) is 4.90 Å². The zero-order chi connectivity index (χ0) is 17.5. The summed E-state index contributed by atoms with van der Waals surface area (Å²) >= 11 is 5.82. The molecule has 0 saturated heterocycles.